The van der Waals surface area contributed by atoms with E-state index in [9.17, 15) is 5.11 Å². The molecule has 0 amide bonds. The smallest absolute Gasteiger partial charge is 0.0665 e. The van der Waals surface area contributed by atoms with Gasteiger partial charge in [0.25, 0.3) is 0 Å². The van der Waals surface area contributed by atoms with Crippen LogP contribution in [0.5, 0.6) is 0 Å². The van der Waals surface area contributed by atoms with Gasteiger partial charge in [0.15, 0.2) is 0 Å². The predicted molar refractivity (Wildman–Crippen MR) is 53.5 cm³/mol. The lowest BCUT2D eigenvalue weighted by Crippen LogP contribution is -2.47. The van der Waals surface area contributed by atoms with E-state index in [-0.39, 0.29) is 0 Å². The second-order valence-corrected chi connectivity index (χ2v) is 4.57. The molecule has 0 bridgehead atoms. The summed E-state index contributed by atoms with van der Waals surface area (Å²) in [5.74, 6) is 0.417. The van der Waals surface area contributed by atoms with Crippen molar-refractivity contribution in [1.82, 2.24) is 5.32 Å². The second-order valence-electron chi connectivity index (χ2n) is 4.57. The monoisotopic (exact) mass is 181 g/mol. The van der Waals surface area contributed by atoms with Crippen LogP contribution in [0.2, 0.25) is 0 Å². The topological polar surface area (TPSA) is 32.3 Å². The minimum Gasteiger partial charge on any atom is -0.390 e. The fraction of sp³-hybridized carbons (Fsp3) is 0.818. The van der Waals surface area contributed by atoms with Crippen LogP contribution < -0.4 is 5.32 Å². The van der Waals surface area contributed by atoms with Gasteiger partial charge in [0.2, 0.25) is 0 Å². The van der Waals surface area contributed by atoms with Gasteiger partial charge in [-0.3, -0.25) is 0 Å². The Morgan fingerprint density at radius 2 is 2.31 bits per heavy atom. The molecule has 1 heterocycles. The SMILES string of the molecule is C[C@@]1(O)CCCC[C@H]1C1C=CCN1. The van der Waals surface area contributed by atoms with Crippen molar-refractivity contribution in [1.29, 1.82) is 0 Å². The average molecular weight is 181 g/mol. The molecule has 2 heteroatoms. The molecule has 1 fully saturated rings. The summed E-state index contributed by atoms with van der Waals surface area (Å²) >= 11 is 0. The number of hydrogen-bond acceptors (Lipinski definition) is 2. The van der Waals surface area contributed by atoms with Gasteiger partial charge in [-0.15, -0.1) is 0 Å². The summed E-state index contributed by atoms with van der Waals surface area (Å²) in [5.41, 5.74) is -0.454. The zero-order valence-corrected chi connectivity index (χ0v) is 8.29. The molecule has 0 aromatic rings. The van der Waals surface area contributed by atoms with Crippen LogP contribution in [0.3, 0.4) is 0 Å². The first-order valence-corrected chi connectivity index (χ1v) is 5.32. The standard InChI is InChI=1S/C11H19NO/c1-11(13)7-3-2-5-9(11)10-6-4-8-12-10/h4,6,9-10,12-13H,2-3,5,7-8H2,1H3/t9-,10?,11+/m0/s1. The van der Waals surface area contributed by atoms with E-state index < -0.39 is 5.60 Å². The molecule has 1 aliphatic heterocycles. The quantitative estimate of drug-likeness (QED) is 0.600. The molecule has 74 valence electrons. The highest BCUT2D eigenvalue weighted by atomic mass is 16.3. The van der Waals surface area contributed by atoms with Gasteiger partial charge in [-0.25, -0.2) is 0 Å². The van der Waals surface area contributed by atoms with Crippen molar-refractivity contribution in [3.63, 3.8) is 0 Å². The summed E-state index contributed by atoms with van der Waals surface area (Å²) in [6.07, 6.45) is 8.95. The van der Waals surface area contributed by atoms with Crippen LogP contribution in [0.1, 0.15) is 32.6 Å². The first-order chi connectivity index (χ1) is 6.20. The van der Waals surface area contributed by atoms with Crippen LogP contribution in [0.4, 0.5) is 0 Å². The van der Waals surface area contributed by atoms with E-state index in [1.165, 1.54) is 12.8 Å². The zero-order chi connectivity index (χ0) is 9.31. The van der Waals surface area contributed by atoms with Crippen molar-refractivity contribution in [3.8, 4) is 0 Å². The van der Waals surface area contributed by atoms with Crippen LogP contribution in [-0.2, 0) is 0 Å². The van der Waals surface area contributed by atoms with Gasteiger partial charge in [-0.1, -0.05) is 25.0 Å². The predicted octanol–water partition coefficient (Wildman–Crippen LogP) is 1.46. The van der Waals surface area contributed by atoms with Crippen LogP contribution in [0, 0.1) is 5.92 Å². The molecule has 1 unspecified atom stereocenters. The lowest BCUT2D eigenvalue weighted by molar-refractivity contribution is -0.0391. The van der Waals surface area contributed by atoms with E-state index in [0.717, 1.165) is 19.4 Å². The Hall–Kier alpha value is -0.340. The molecule has 2 rings (SSSR count). The molecule has 0 aromatic carbocycles. The van der Waals surface area contributed by atoms with Gasteiger partial charge in [0, 0.05) is 18.5 Å². The van der Waals surface area contributed by atoms with E-state index in [0.29, 0.717) is 12.0 Å². The first kappa shape index (κ1) is 9.22. The van der Waals surface area contributed by atoms with Crippen molar-refractivity contribution >= 4 is 0 Å². The van der Waals surface area contributed by atoms with Gasteiger partial charge in [0.05, 0.1) is 5.60 Å². The number of aliphatic hydroxyl groups is 1. The molecule has 0 aromatic heterocycles. The van der Waals surface area contributed by atoms with Crippen LogP contribution in [0.25, 0.3) is 0 Å². The normalized spacial score (nSPS) is 45.4. The van der Waals surface area contributed by atoms with Crippen molar-refractivity contribution < 1.29 is 5.11 Å². The average Bonchev–Trinajstić information content (AvgIpc) is 2.55. The van der Waals surface area contributed by atoms with Gasteiger partial charge >= 0.3 is 0 Å². The highest BCUT2D eigenvalue weighted by molar-refractivity contribution is 5.08. The Morgan fingerprint density at radius 1 is 1.46 bits per heavy atom. The Bertz CT molecular complexity index is 210. The lowest BCUT2D eigenvalue weighted by Gasteiger charge is -2.40. The fourth-order valence-corrected chi connectivity index (χ4v) is 2.67. The Kier molecular flexibility index (Phi) is 2.43. The largest absolute Gasteiger partial charge is 0.390 e. The Balaban J connectivity index is 2.06. The zero-order valence-electron chi connectivity index (χ0n) is 8.29. The summed E-state index contributed by atoms with van der Waals surface area (Å²) < 4.78 is 0. The van der Waals surface area contributed by atoms with Crippen LogP contribution in [-0.4, -0.2) is 23.3 Å². The maximum Gasteiger partial charge on any atom is 0.0665 e. The van der Waals surface area contributed by atoms with Gasteiger partial charge in [-0.05, 0) is 19.8 Å². The van der Waals surface area contributed by atoms with Gasteiger partial charge in [0.1, 0.15) is 0 Å². The maximum absolute atomic E-state index is 10.2. The molecular formula is C11H19NO. The third-order valence-corrected chi connectivity index (χ3v) is 3.50. The van der Waals surface area contributed by atoms with Crippen molar-refractivity contribution in [2.45, 2.75) is 44.2 Å². The minimum atomic E-state index is -0.454. The molecule has 2 nitrogen and oxygen atoms in total. The van der Waals surface area contributed by atoms with Crippen molar-refractivity contribution in [2.75, 3.05) is 6.54 Å². The Labute approximate surface area is 80.0 Å². The van der Waals surface area contributed by atoms with Crippen molar-refractivity contribution in [3.05, 3.63) is 12.2 Å². The molecule has 3 atom stereocenters. The molecule has 0 spiro atoms. The molecule has 13 heavy (non-hydrogen) atoms. The first-order valence-electron chi connectivity index (χ1n) is 5.32. The number of hydrogen-bond donors (Lipinski definition) is 2. The molecule has 2 N–H and O–H groups in total. The van der Waals surface area contributed by atoms with E-state index in [4.69, 9.17) is 0 Å². The highest BCUT2D eigenvalue weighted by Gasteiger charge is 2.38. The summed E-state index contributed by atoms with van der Waals surface area (Å²) in [6.45, 7) is 2.96. The molecule has 1 saturated carbocycles. The molecule has 0 saturated heterocycles. The van der Waals surface area contributed by atoms with E-state index in [2.05, 4.69) is 17.5 Å². The molecule has 2 aliphatic rings. The number of rotatable bonds is 1. The summed E-state index contributed by atoms with van der Waals surface area (Å²) in [7, 11) is 0. The summed E-state index contributed by atoms with van der Waals surface area (Å²) in [4.78, 5) is 0. The third-order valence-electron chi connectivity index (χ3n) is 3.50. The van der Waals surface area contributed by atoms with Gasteiger partial charge < -0.3 is 10.4 Å². The minimum absolute atomic E-state index is 0.412. The number of nitrogens with one attached hydrogen (secondary N) is 1. The highest BCUT2D eigenvalue weighted by Crippen LogP contribution is 2.36. The van der Waals surface area contributed by atoms with Gasteiger partial charge in [-0.2, -0.15) is 0 Å². The van der Waals surface area contributed by atoms with Crippen LogP contribution in [0.15, 0.2) is 12.2 Å². The third kappa shape index (κ3) is 1.79. The maximum atomic E-state index is 10.2. The lowest BCUT2D eigenvalue weighted by atomic mass is 9.73. The van der Waals surface area contributed by atoms with Crippen molar-refractivity contribution in [2.24, 2.45) is 5.92 Å². The molecular weight excluding hydrogens is 162 g/mol. The van der Waals surface area contributed by atoms with Crippen LogP contribution >= 0.6 is 0 Å². The second kappa shape index (κ2) is 3.43. The summed E-state index contributed by atoms with van der Waals surface area (Å²) in [6, 6.07) is 0.412. The summed E-state index contributed by atoms with van der Waals surface area (Å²) in [5, 5.41) is 13.6. The molecule has 1 aliphatic carbocycles. The van der Waals surface area contributed by atoms with E-state index >= 15 is 0 Å². The Morgan fingerprint density at radius 3 is 2.92 bits per heavy atom. The van der Waals surface area contributed by atoms with E-state index in [1.807, 2.05) is 6.92 Å². The van der Waals surface area contributed by atoms with E-state index in [1.54, 1.807) is 0 Å². The molecule has 0 radical (unpaired) electrons. The fourth-order valence-electron chi connectivity index (χ4n) is 2.67.